The van der Waals surface area contributed by atoms with Crippen LogP contribution in [0.2, 0.25) is 0 Å². The zero-order chi connectivity index (χ0) is 17.8. The second-order valence-corrected chi connectivity index (χ2v) is 6.44. The first-order valence-electron chi connectivity index (χ1n) is 8.86. The van der Waals surface area contributed by atoms with Crippen LogP contribution >= 0.6 is 0 Å². The third-order valence-corrected chi connectivity index (χ3v) is 4.55. The number of nitrogens with zero attached hydrogens (tertiary/aromatic N) is 5. The zero-order valence-electron chi connectivity index (χ0n) is 14.8. The molecular weight excluding hydrogens is 324 g/mol. The minimum atomic E-state index is 0.523. The van der Waals surface area contributed by atoms with Gasteiger partial charge in [-0.1, -0.05) is 30.3 Å². The Morgan fingerprint density at radius 2 is 1.65 bits per heavy atom. The third kappa shape index (κ3) is 3.74. The molecule has 0 amide bonds. The van der Waals surface area contributed by atoms with Crippen LogP contribution in [-0.2, 0) is 0 Å². The van der Waals surface area contributed by atoms with E-state index in [2.05, 4.69) is 61.5 Å². The number of nitrogens with one attached hydrogen (secondary N) is 1. The highest BCUT2D eigenvalue weighted by atomic mass is 15.3. The monoisotopic (exact) mass is 346 g/mol. The van der Waals surface area contributed by atoms with Crippen molar-refractivity contribution in [2.45, 2.75) is 6.92 Å². The predicted molar refractivity (Wildman–Crippen MR) is 105 cm³/mol. The van der Waals surface area contributed by atoms with Crippen LogP contribution in [0.15, 0.2) is 60.8 Å². The molecule has 1 aromatic heterocycles. The number of aromatic nitrogens is 3. The lowest BCUT2D eigenvalue weighted by atomic mass is 10.2. The van der Waals surface area contributed by atoms with E-state index in [4.69, 9.17) is 0 Å². The summed E-state index contributed by atoms with van der Waals surface area (Å²) in [6.45, 7) is 5.90. The largest absolute Gasteiger partial charge is 0.368 e. The van der Waals surface area contributed by atoms with Gasteiger partial charge in [-0.05, 0) is 36.8 Å². The van der Waals surface area contributed by atoms with E-state index in [9.17, 15) is 0 Å². The van der Waals surface area contributed by atoms with Crippen LogP contribution in [0.5, 0.6) is 0 Å². The van der Waals surface area contributed by atoms with Gasteiger partial charge < -0.3 is 15.1 Å². The zero-order valence-corrected chi connectivity index (χ0v) is 14.8. The molecule has 132 valence electrons. The molecular formula is C20H22N6. The number of hydrogen-bond acceptors (Lipinski definition) is 6. The highest BCUT2D eigenvalue weighted by Crippen LogP contribution is 2.21. The van der Waals surface area contributed by atoms with Gasteiger partial charge in [-0.25, -0.2) is 0 Å². The van der Waals surface area contributed by atoms with E-state index in [1.54, 1.807) is 6.20 Å². The smallest absolute Gasteiger partial charge is 0.249 e. The highest BCUT2D eigenvalue weighted by Gasteiger charge is 2.19. The Labute approximate surface area is 153 Å². The van der Waals surface area contributed by atoms with Crippen LogP contribution < -0.4 is 15.1 Å². The first-order valence-corrected chi connectivity index (χ1v) is 8.86. The Balaban J connectivity index is 1.42. The van der Waals surface area contributed by atoms with E-state index in [0.29, 0.717) is 5.95 Å². The average molecular weight is 346 g/mol. The van der Waals surface area contributed by atoms with Crippen molar-refractivity contribution in [3.05, 3.63) is 66.4 Å². The highest BCUT2D eigenvalue weighted by molar-refractivity contribution is 5.55. The van der Waals surface area contributed by atoms with Crippen LogP contribution in [0.4, 0.5) is 23.1 Å². The Hall–Kier alpha value is -3.15. The van der Waals surface area contributed by atoms with E-state index in [1.807, 2.05) is 30.3 Å². The van der Waals surface area contributed by atoms with Crippen molar-refractivity contribution in [1.29, 1.82) is 0 Å². The van der Waals surface area contributed by atoms with Gasteiger partial charge in [0.05, 0.1) is 6.20 Å². The summed E-state index contributed by atoms with van der Waals surface area (Å²) in [7, 11) is 0. The van der Waals surface area contributed by atoms with Crippen LogP contribution in [0, 0.1) is 6.92 Å². The maximum absolute atomic E-state index is 4.63. The fraction of sp³-hybridized carbons (Fsp3) is 0.250. The van der Waals surface area contributed by atoms with Crippen LogP contribution in [0.25, 0.3) is 0 Å². The molecule has 6 heteroatoms. The summed E-state index contributed by atoms with van der Waals surface area (Å²) in [4.78, 5) is 9.31. The number of piperazine rings is 1. The molecule has 1 N–H and O–H groups in total. The molecule has 0 spiro atoms. The molecule has 4 rings (SSSR count). The number of anilines is 4. The molecule has 3 aromatic rings. The van der Waals surface area contributed by atoms with Gasteiger partial charge in [0.2, 0.25) is 5.95 Å². The van der Waals surface area contributed by atoms with Gasteiger partial charge in [-0.3, -0.25) is 0 Å². The van der Waals surface area contributed by atoms with Crippen molar-refractivity contribution in [1.82, 2.24) is 15.2 Å². The van der Waals surface area contributed by atoms with E-state index in [1.165, 1.54) is 11.3 Å². The minimum Gasteiger partial charge on any atom is -0.368 e. The third-order valence-electron chi connectivity index (χ3n) is 4.55. The number of hydrogen-bond donors (Lipinski definition) is 1. The lowest BCUT2D eigenvalue weighted by Crippen LogP contribution is -2.47. The Morgan fingerprint density at radius 1 is 0.885 bits per heavy atom. The van der Waals surface area contributed by atoms with Crippen LogP contribution in [-0.4, -0.2) is 41.4 Å². The molecule has 0 bridgehead atoms. The van der Waals surface area contributed by atoms with Crippen molar-refractivity contribution < 1.29 is 0 Å². The lowest BCUT2D eigenvalue weighted by molar-refractivity contribution is 0.644. The molecule has 6 nitrogen and oxygen atoms in total. The van der Waals surface area contributed by atoms with Crippen molar-refractivity contribution >= 4 is 23.1 Å². The average Bonchev–Trinajstić information content (AvgIpc) is 2.69. The Bertz CT molecular complexity index is 859. The number of rotatable bonds is 4. The van der Waals surface area contributed by atoms with Gasteiger partial charge in [-0.2, -0.15) is 10.1 Å². The molecule has 0 saturated carbocycles. The van der Waals surface area contributed by atoms with Gasteiger partial charge in [0.25, 0.3) is 0 Å². The normalized spacial score (nSPS) is 14.3. The maximum Gasteiger partial charge on any atom is 0.249 e. The fourth-order valence-electron chi connectivity index (χ4n) is 3.17. The summed E-state index contributed by atoms with van der Waals surface area (Å²) in [5.41, 5.74) is 3.54. The van der Waals surface area contributed by atoms with Gasteiger partial charge in [0, 0.05) is 37.6 Å². The molecule has 26 heavy (non-hydrogen) atoms. The fourth-order valence-corrected chi connectivity index (χ4v) is 3.17. The van der Waals surface area contributed by atoms with E-state index in [0.717, 1.165) is 37.7 Å². The van der Waals surface area contributed by atoms with Gasteiger partial charge in [-0.15, -0.1) is 5.10 Å². The molecule has 1 fully saturated rings. The first kappa shape index (κ1) is 16.3. The lowest BCUT2D eigenvalue weighted by Gasteiger charge is -2.36. The molecule has 1 aliphatic rings. The quantitative estimate of drug-likeness (QED) is 0.783. The molecule has 0 radical (unpaired) electrons. The topological polar surface area (TPSA) is 57.2 Å². The Morgan fingerprint density at radius 3 is 2.42 bits per heavy atom. The van der Waals surface area contributed by atoms with Crippen molar-refractivity contribution in [2.24, 2.45) is 0 Å². The van der Waals surface area contributed by atoms with Crippen molar-refractivity contribution in [3.63, 3.8) is 0 Å². The van der Waals surface area contributed by atoms with Gasteiger partial charge >= 0.3 is 0 Å². The summed E-state index contributed by atoms with van der Waals surface area (Å²) >= 11 is 0. The number of para-hydroxylation sites is 1. The van der Waals surface area contributed by atoms with E-state index in [-0.39, 0.29) is 0 Å². The second kappa shape index (κ2) is 7.39. The van der Waals surface area contributed by atoms with Crippen molar-refractivity contribution in [3.8, 4) is 0 Å². The molecule has 0 aliphatic carbocycles. The number of benzene rings is 2. The SMILES string of the molecule is Cc1cccc(N2CCN(c3cnnc(Nc4ccccc4)n3)CC2)c1. The van der Waals surface area contributed by atoms with Crippen LogP contribution in [0.3, 0.4) is 0 Å². The molecule has 2 heterocycles. The van der Waals surface area contributed by atoms with E-state index < -0.39 is 0 Å². The summed E-state index contributed by atoms with van der Waals surface area (Å²) in [5.74, 6) is 1.39. The summed E-state index contributed by atoms with van der Waals surface area (Å²) in [6, 6.07) is 18.6. The predicted octanol–water partition coefficient (Wildman–Crippen LogP) is 3.25. The minimum absolute atomic E-state index is 0.523. The van der Waals surface area contributed by atoms with Gasteiger partial charge in [0.1, 0.15) is 0 Å². The molecule has 0 atom stereocenters. The molecule has 0 unspecified atom stereocenters. The summed E-state index contributed by atoms with van der Waals surface area (Å²) in [6.07, 6.45) is 1.73. The molecule has 2 aromatic carbocycles. The Kier molecular flexibility index (Phi) is 4.64. The van der Waals surface area contributed by atoms with Crippen molar-refractivity contribution in [2.75, 3.05) is 41.3 Å². The van der Waals surface area contributed by atoms with E-state index >= 15 is 0 Å². The summed E-state index contributed by atoms with van der Waals surface area (Å²) < 4.78 is 0. The first-order chi connectivity index (χ1) is 12.8. The van der Waals surface area contributed by atoms with Gasteiger partial charge in [0.15, 0.2) is 5.82 Å². The standard InChI is InChI=1S/C20H22N6/c1-16-6-5-9-18(14-16)25-10-12-26(13-11-25)19-15-21-24-20(23-19)22-17-7-3-2-4-8-17/h2-9,14-15H,10-13H2,1H3,(H,22,23,24). The molecule has 1 aliphatic heterocycles. The van der Waals surface area contributed by atoms with Crippen LogP contribution in [0.1, 0.15) is 5.56 Å². The second-order valence-electron chi connectivity index (χ2n) is 6.44. The summed E-state index contributed by atoms with van der Waals surface area (Å²) in [5, 5.41) is 11.4. The molecule has 1 saturated heterocycles. The maximum atomic E-state index is 4.63. The number of aryl methyl sites for hydroxylation is 1.